The van der Waals surface area contributed by atoms with Gasteiger partial charge in [0.1, 0.15) is 10.7 Å². The van der Waals surface area contributed by atoms with Crippen molar-refractivity contribution in [2.45, 2.75) is 26.3 Å². The summed E-state index contributed by atoms with van der Waals surface area (Å²) in [5, 5.41) is 11.2. The second-order valence-electron chi connectivity index (χ2n) is 4.98. The summed E-state index contributed by atoms with van der Waals surface area (Å²) in [7, 11) is 1.81. The van der Waals surface area contributed by atoms with E-state index in [0.717, 1.165) is 6.42 Å². The summed E-state index contributed by atoms with van der Waals surface area (Å²) < 4.78 is 0. The van der Waals surface area contributed by atoms with Crippen LogP contribution in [0.2, 0.25) is 5.02 Å². The lowest BCUT2D eigenvalue weighted by atomic mass is 10.0. The van der Waals surface area contributed by atoms with Crippen LogP contribution in [0, 0.1) is 16.0 Å². The minimum Gasteiger partial charge on any atom is -0.369 e. The number of hydrogen-bond donors (Lipinski definition) is 1. The predicted molar refractivity (Wildman–Crippen MR) is 78.8 cm³/mol. The normalized spacial score (nSPS) is 12.5. The zero-order valence-corrected chi connectivity index (χ0v) is 12.2. The molecule has 0 radical (unpaired) electrons. The second kappa shape index (κ2) is 6.73. The Labute approximate surface area is 118 Å². The molecule has 0 aliphatic carbocycles. The molecule has 0 saturated carbocycles. The lowest BCUT2D eigenvalue weighted by Crippen LogP contribution is -2.32. The highest BCUT2D eigenvalue weighted by Gasteiger charge is 2.21. The summed E-state index contributed by atoms with van der Waals surface area (Å²) in [5.41, 5.74) is 6.45. The van der Waals surface area contributed by atoms with E-state index in [0.29, 0.717) is 18.2 Å². The van der Waals surface area contributed by atoms with E-state index in [4.69, 9.17) is 17.3 Å². The van der Waals surface area contributed by atoms with Crippen molar-refractivity contribution in [2.75, 3.05) is 18.5 Å². The van der Waals surface area contributed by atoms with Gasteiger partial charge in [-0.25, -0.2) is 0 Å². The molecule has 1 aromatic carbocycles. The zero-order valence-electron chi connectivity index (χ0n) is 11.5. The SMILES string of the molecule is CC(C)C(N)CCN(C)c1cccc(Cl)c1[N+](=O)[O-]. The van der Waals surface area contributed by atoms with Crippen LogP contribution in [0.25, 0.3) is 0 Å². The number of nitrogens with two attached hydrogens (primary N) is 1. The largest absolute Gasteiger partial charge is 0.369 e. The summed E-state index contributed by atoms with van der Waals surface area (Å²) in [5.74, 6) is 0.391. The van der Waals surface area contributed by atoms with Gasteiger partial charge in [-0.2, -0.15) is 0 Å². The van der Waals surface area contributed by atoms with E-state index in [1.165, 1.54) is 6.07 Å². The van der Waals surface area contributed by atoms with E-state index in [9.17, 15) is 10.1 Å². The molecule has 0 saturated heterocycles. The van der Waals surface area contributed by atoms with E-state index in [2.05, 4.69) is 13.8 Å². The van der Waals surface area contributed by atoms with Crippen molar-refractivity contribution >= 4 is 23.0 Å². The lowest BCUT2D eigenvalue weighted by Gasteiger charge is -2.23. The van der Waals surface area contributed by atoms with Crippen LogP contribution >= 0.6 is 11.6 Å². The minimum absolute atomic E-state index is 0.0511. The van der Waals surface area contributed by atoms with Crippen LogP contribution in [0.4, 0.5) is 11.4 Å². The van der Waals surface area contributed by atoms with Gasteiger partial charge in [-0.3, -0.25) is 10.1 Å². The third-order valence-electron chi connectivity index (χ3n) is 3.21. The number of nitrogens with zero attached hydrogens (tertiary/aromatic N) is 2. The molecule has 2 N–H and O–H groups in total. The van der Waals surface area contributed by atoms with Crippen LogP contribution in [-0.4, -0.2) is 24.6 Å². The number of hydrogen-bond acceptors (Lipinski definition) is 4. The van der Waals surface area contributed by atoms with E-state index in [1.54, 1.807) is 12.1 Å². The Morgan fingerprint density at radius 1 is 1.47 bits per heavy atom. The van der Waals surface area contributed by atoms with Crippen LogP contribution in [0.3, 0.4) is 0 Å². The zero-order chi connectivity index (χ0) is 14.6. The summed E-state index contributed by atoms with van der Waals surface area (Å²) in [6.07, 6.45) is 0.776. The molecule has 0 aliphatic rings. The van der Waals surface area contributed by atoms with Gasteiger partial charge in [-0.05, 0) is 24.5 Å². The first kappa shape index (κ1) is 15.7. The van der Waals surface area contributed by atoms with Crippen molar-refractivity contribution in [3.05, 3.63) is 33.3 Å². The van der Waals surface area contributed by atoms with E-state index < -0.39 is 4.92 Å². The summed E-state index contributed by atoms with van der Waals surface area (Å²) in [4.78, 5) is 12.4. The summed E-state index contributed by atoms with van der Waals surface area (Å²) in [6.45, 7) is 4.78. The van der Waals surface area contributed by atoms with Gasteiger partial charge in [-0.15, -0.1) is 0 Å². The number of nitro benzene ring substituents is 1. The number of nitro groups is 1. The van der Waals surface area contributed by atoms with Gasteiger partial charge in [0, 0.05) is 19.6 Å². The van der Waals surface area contributed by atoms with Gasteiger partial charge >= 0.3 is 5.69 Å². The lowest BCUT2D eigenvalue weighted by molar-refractivity contribution is -0.384. The van der Waals surface area contributed by atoms with Gasteiger partial charge < -0.3 is 10.6 Å². The second-order valence-corrected chi connectivity index (χ2v) is 5.39. The third kappa shape index (κ3) is 4.08. The smallest absolute Gasteiger partial charge is 0.310 e. The van der Waals surface area contributed by atoms with Crippen LogP contribution in [0.5, 0.6) is 0 Å². The molecule has 1 unspecified atom stereocenters. The Balaban J connectivity index is 2.85. The number of para-hydroxylation sites is 1. The number of rotatable bonds is 6. The van der Waals surface area contributed by atoms with Crippen LogP contribution in [0.15, 0.2) is 18.2 Å². The van der Waals surface area contributed by atoms with Gasteiger partial charge in [0.2, 0.25) is 0 Å². The van der Waals surface area contributed by atoms with Crippen LogP contribution in [-0.2, 0) is 0 Å². The van der Waals surface area contributed by atoms with Crippen molar-refractivity contribution in [2.24, 2.45) is 11.7 Å². The Morgan fingerprint density at radius 2 is 2.11 bits per heavy atom. The highest BCUT2D eigenvalue weighted by Crippen LogP contribution is 2.34. The monoisotopic (exact) mass is 285 g/mol. The molecule has 0 fully saturated rings. The van der Waals surface area contributed by atoms with Crippen molar-refractivity contribution in [1.82, 2.24) is 0 Å². The van der Waals surface area contributed by atoms with Gasteiger partial charge in [0.25, 0.3) is 0 Å². The van der Waals surface area contributed by atoms with E-state index >= 15 is 0 Å². The first-order valence-corrected chi connectivity index (χ1v) is 6.62. The molecule has 0 bridgehead atoms. The highest BCUT2D eigenvalue weighted by atomic mass is 35.5. The van der Waals surface area contributed by atoms with Gasteiger partial charge in [-0.1, -0.05) is 31.5 Å². The standard InChI is InChI=1S/C13H20ClN3O2/c1-9(2)11(15)7-8-16(3)12-6-4-5-10(14)13(12)17(18)19/h4-6,9,11H,7-8,15H2,1-3H3. The maximum Gasteiger partial charge on any atom is 0.310 e. The van der Waals surface area contributed by atoms with Crippen molar-refractivity contribution < 1.29 is 4.92 Å². The molecule has 0 amide bonds. The van der Waals surface area contributed by atoms with Crippen molar-refractivity contribution in [3.8, 4) is 0 Å². The first-order chi connectivity index (χ1) is 8.84. The fourth-order valence-corrected chi connectivity index (χ4v) is 2.03. The molecule has 0 heterocycles. The predicted octanol–water partition coefficient (Wildman–Crippen LogP) is 3.06. The first-order valence-electron chi connectivity index (χ1n) is 6.24. The number of benzene rings is 1. The molecule has 106 valence electrons. The fraction of sp³-hybridized carbons (Fsp3) is 0.538. The van der Waals surface area contributed by atoms with Crippen molar-refractivity contribution in [1.29, 1.82) is 0 Å². The third-order valence-corrected chi connectivity index (χ3v) is 3.52. The molecule has 0 spiro atoms. The average Bonchev–Trinajstić information content (AvgIpc) is 2.34. The molecular formula is C13H20ClN3O2. The Kier molecular flexibility index (Phi) is 5.57. The average molecular weight is 286 g/mol. The quantitative estimate of drug-likeness (QED) is 0.644. The number of anilines is 1. The van der Waals surface area contributed by atoms with Crippen LogP contribution < -0.4 is 10.6 Å². The minimum atomic E-state index is -0.448. The summed E-state index contributed by atoms with van der Waals surface area (Å²) in [6, 6.07) is 5.02. The maximum absolute atomic E-state index is 11.1. The number of halogens is 1. The van der Waals surface area contributed by atoms with Gasteiger partial charge in [0.15, 0.2) is 0 Å². The highest BCUT2D eigenvalue weighted by molar-refractivity contribution is 6.33. The topological polar surface area (TPSA) is 72.4 Å². The van der Waals surface area contributed by atoms with Gasteiger partial charge in [0.05, 0.1) is 4.92 Å². The molecule has 0 aromatic heterocycles. The molecule has 1 rings (SSSR count). The Morgan fingerprint density at radius 3 is 2.63 bits per heavy atom. The molecule has 5 nitrogen and oxygen atoms in total. The molecule has 1 atom stereocenters. The van der Waals surface area contributed by atoms with E-state index in [1.807, 2.05) is 11.9 Å². The summed E-state index contributed by atoms with van der Waals surface area (Å²) >= 11 is 5.89. The molecule has 1 aromatic rings. The Hall–Kier alpha value is -1.33. The maximum atomic E-state index is 11.1. The molecule has 6 heteroatoms. The Bertz CT molecular complexity index is 452. The fourth-order valence-electron chi connectivity index (χ4n) is 1.79. The molecular weight excluding hydrogens is 266 g/mol. The molecule has 19 heavy (non-hydrogen) atoms. The van der Waals surface area contributed by atoms with Crippen LogP contribution in [0.1, 0.15) is 20.3 Å². The molecule has 0 aliphatic heterocycles. The van der Waals surface area contributed by atoms with Crippen molar-refractivity contribution in [3.63, 3.8) is 0 Å². The van der Waals surface area contributed by atoms with E-state index in [-0.39, 0.29) is 16.8 Å².